The van der Waals surface area contributed by atoms with Crippen molar-refractivity contribution in [2.24, 2.45) is 0 Å². The molecule has 1 heterocycles. The number of hydrogen-bond acceptors (Lipinski definition) is 3. The molecule has 0 amide bonds. The highest BCUT2D eigenvalue weighted by atomic mass is 32.2. The summed E-state index contributed by atoms with van der Waals surface area (Å²) in [6.07, 6.45) is 1.92. The molecule has 5 heteroatoms. The summed E-state index contributed by atoms with van der Waals surface area (Å²) in [5.74, 6) is 0.655. The average molecular weight is 368 g/mol. The standard InChI is InChI=1S/C20H33NO3S/c1-13(2)16-10-18(14(3)4)20(19(11-16)15(5)6)25(22,23)21-12-17-8-7-9-24-17/h10-11,13-15,17,21H,7-9,12H2,1-6H3/t17-/m0/s1. The minimum Gasteiger partial charge on any atom is -0.377 e. The minimum absolute atomic E-state index is 0.00490. The normalized spacial score (nSPS) is 18.7. The Hall–Kier alpha value is -0.910. The molecule has 1 fully saturated rings. The van der Waals surface area contributed by atoms with Gasteiger partial charge < -0.3 is 4.74 Å². The lowest BCUT2D eigenvalue weighted by Gasteiger charge is -2.23. The fourth-order valence-electron chi connectivity index (χ4n) is 3.28. The van der Waals surface area contributed by atoms with Gasteiger partial charge in [-0.25, -0.2) is 13.1 Å². The molecule has 0 spiro atoms. The molecule has 2 rings (SSSR count). The third-order valence-corrected chi connectivity index (χ3v) is 6.43. The Balaban J connectivity index is 2.48. The molecule has 142 valence electrons. The van der Waals surface area contributed by atoms with Gasteiger partial charge in [0.15, 0.2) is 0 Å². The quantitative estimate of drug-likeness (QED) is 0.771. The number of rotatable bonds is 7. The maximum absolute atomic E-state index is 13.2. The van der Waals surface area contributed by atoms with E-state index in [1.165, 1.54) is 5.56 Å². The van der Waals surface area contributed by atoms with Gasteiger partial charge in [-0.15, -0.1) is 0 Å². The number of nitrogens with one attached hydrogen (secondary N) is 1. The smallest absolute Gasteiger partial charge is 0.241 e. The van der Waals surface area contributed by atoms with Crippen molar-refractivity contribution in [3.63, 3.8) is 0 Å². The molecule has 4 nitrogen and oxygen atoms in total. The van der Waals surface area contributed by atoms with Gasteiger partial charge in [0, 0.05) is 13.2 Å². The summed E-state index contributed by atoms with van der Waals surface area (Å²) in [6, 6.07) is 4.14. The van der Waals surface area contributed by atoms with E-state index in [9.17, 15) is 8.42 Å². The Morgan fingerprint density at radius 2 is 1.60 bits per heavy atom. The third-order valence-electron chi connectivity index (χ3n) is 4.87. The summed E-state index contributed by atoms with van der Waals surface area (Å²) in [7, 11) is -3.57. The third kappa shape index (κ3) is 4.83. The van der Waals surface area contributed by atoms with E-state index >= 15 is 0 Å². The first kappa shape index (κ1) is 20.4. The first-order valence-electron chi connectivity index (χ1n) is 9.42. The maximum atomic E-state index is 13.2. The van der Waals surface area contributed by atoms with E-state index in [1.54, 1.807) is 0 Å². The molecule has 0 radical (unpaired) electrons. The highest BCUT2D eigenvalue weighted by Gasteiger charge is 2.28. The molecule has 1 aliphatic rings. The van der Waals surface area contributed by atoms with Gasteiger partial charge in [-0.05, 0) is 47.3 Å². The molecule has 0 aliphatic carbocycles. The molecule has 1 N–H and O–H groups in total. The van der Waals surface area contributed by atoms with Gasteiger partial charge in [-0.2, -0.15) is 0 Å². The Labute approximate surface area is 153 Å². The minimum atomic E-state index is -3.57. The maximum Gasteiger partial charge on any atom is 0.241 e. The molecule has 0 unspecified atom stereocenters. The van der Waals surface area contributed by atoms with E-state index in [4.69, 9.17) is 4.74 Å². The predicted molar refractivity (Wildman–Crippen MR) is 103 cm³/mol. The molecule has 1 aromatic rings. The van der Waals surface area contributed by atoms with Crippen molar-refractivity contribution in [1.82, 2.24) is 4.72 Å². The first-order chi connectivity index (χ1) is 11.6. The van der Waals surface area contributed by atoms with Crippen LogP contribution in [0.1, 0.15) is 88.8 Å². The van der Waals surface area contributed by atoms with Crippen molar-refractivity contribution < 1.29 is 13.2 Å². The molecule has 1 aromatic carbocycles. The van der Waals surface area contributed by atoms with Crippen LogP contribution in [0.5, 0.6) is 0 Å². The van der Waals surface area contributed by atoms with Crippen molar-refractivity contribution in [3.8, 4) is 0 Å². The van der Waals surface area contributed by atoms with Gasteiger partial charge in [0.05, 0.1) is 11.0 Å². The van der Waals surface area contributed by atoms with Crippen LogP contribution in [0.25, 0.3) is 0 Å². The highest BCUT2D eigenvalue weighted by Crippen LogP contribution is 2.35. The van der Waals surface area contributed by atoms with Crippen molar-refractivity contribution in [1.29, 1.82) is 0 Å². The van der Waals surface area contributed by atoms with Gasteiger partial charge in [-0.3, -0.25) is 0 Å². The Morgan fingerprint density at radius 3 is 2.00 bits per heavy atom. The fraction of sp³-hybridized carbons (Fsp3) is 0.700. The van der Waals surface area contributed by atoms with Crippen molar-refractivity contribution in [2.45, 2.75) is 83.1 Å². The van der Waals surface area contributed by atoms with Gasteiger partial charge in [-0.1, -0.05) is 53.7 Å². The fourth-order valence-corrected chi connectivity index (χ4v) is 5.04. The zero-order chi connectivity index (χ0) is 18.8. The van der Waals surface area contributed by atoms with E-state index in [1.807, 2.05) is 0 Å². The van der Waals surface area contributed by atoms with Crippen LogP contribution in [0, 0.1) is 0 Å². The van der Waals surface area contributed by atoms with Crippen molar-refractivity contribution >= 4 is 10.0 Å². The van der Waals surface area contributed by atoms with Gasteiger partial charge >= 0.3 is 0 Å². The predicted octanol–water partition coefficient (Wildman–Crippen LogP) is 4.51. The lowest BCUT2D eigenvalue weighted by Crippen LogP contribution is -2.33. The van der Waals surface area contributed by atoms with E-state index in [0.29, 0.717) is 17.4 Å². The molecule has 25 heavy (non-hydrogen) atoms. The summed E-state index contributed by atoms with van der Waals surface area (Å²) >= 11 is 0. The van der Waals surface area contributed by atoms with Crippen LogP contribution in [0.3, 0.4) is 0 Å². The molecule has 1 atom stereocenters. The van der Waals surface area contributed by atoms with Crippen LogP contribution < -0.4 is 4.72 Å². The Kier molecular flexibility index (Phi) is 6.68. The second-order valence-corrected chi connectivity index (χ2v) is 9.68. The molecule has 0 bridgehead atoms. The van der Waals surface area contributed by atoms with Gasteiger partial charge in [0.2, 0.25) is 10.0 Å². The average Bonchev–Trinajstić information content (AvgIpc) is 3.05. The summed E-state index contributed by atoms with van der Waals surface area (Å²) in [5.41, 5.74) is 3.02. The first-order valence-corrected chi connectivity index (χ1v) is 10.9. The molecule has 1 aliphatic heterocycles. The van der Waals surface area contributed by atoms with E-state index < -0.39 is 10.0 Å². The lowest BCUT2D eigenvalue weighted by molar-refractivity contribution is 0.114. The number of ether oxygens (including phenoxy) is 1. The molecule has 1 saturated heterocycles. The largest absolute Gasteiger partial charge is 0.377 e. The van der Waals surface area contributed by atoms with Crippen LogP contribution in [-0.2, 0) is 14.8 Å². The topological polar surface area (TPSA) is 55.4 Å². The number of benzene rings is 1. The summed E-state index contributed by atoms with van der Waals surface area (Å²) < 4.78 is 34.7. The SMILES string of the molecule is CC(C)c1cc(C(C)C)c(S(=O)(=O)NC[C@@H]2CCCO2)c(C(C)C)c1. The van der Waals surface area contributed by atoms with E-state index in [-0.39, 0.29) is 17.9 Å². The zero-order valence-electron chi connectivity index (χ0n) is 16.4. The van der Waals surface area contributed by atoms with Crippen molar-refractivity contribution in [3.05, 3.63) is 28.8 Å². The Bertz CT molecular complexity index is 658. The summed E-state index contributed by atoms with van der Waals surface area (Å²) in [6.45, 7) is 13.6. The monoisotopic (exact) mass is 367 g/mol. The second-order valence-electron chi connectivity index (χ2n) is 7.98. The molecular weight excluding hydrogens is 334 g/mol. The summed E-state index contributed by atoms with van der Waals surface area (Å²) in [5, 5.41) is 0. The second kappa shape index (κ2) is 8.19. The van der Waals surface area contributed by atoms with Crippen LogP contribution >= 0.6 is 0 Å². The van der Waals surface area contributed by atoms with Crippen LogP contribution in [-0.4, -0.2) is 27.7 Å². The number of sulfonamides is 1. The summed E-state index contributed by atoms with van der Waals surface area (Å²) in [4.78, 5) is 0.472. The van der Waals surface area contributed by atoms with E-state index in [2.05, 4.69) is 58.4 Å². The lowest BCUT2D eigenvalue weighted by atomic mass is 9.89. The molecular formula is C20H33NO3S. The van der Waals surface area contributed by atoms with Gasteiger partial charge in [0.25, 0.3) is 0 Å². The Morgan fingerprint density at radius 1 is 1.04 bits per heavy atom. The van der Waals surface area contributed by atoms with Crippen LogP contribution in [0.15, 0.2) is 17.0 Å². The molecule has 0 saturated carbocycles. The number of hydrogen-bond donors (Lipinski definition) is 1. The van der Waals surface area contributed by atoms with Crippen LogP contribution in [0.4, 0.5) is 0 Å². The van der Waals surface area contributed by atoms with E-state index in [0.717, 1.165) is 30.6 Å². The molecule has 0 aromatic heterocycles. The van der Waals surface area contributed by atoms with Gasteiger partial charge in [0.1, 0.15) is 0 Å². The van der Waals surface area contributed by atoms with Crippen LogP contribution in [0.2, 0.25) is 0 Å². The zero-order valence-corrected chi connectivity index (χ0v) is 17.2. The highest BCUT2D eigenvalue weighted by molar-refractivity contribution is 7.89. The van der Waals surface area contributed by atoms with Crippen molar-refractivity contribution in [2.75, 3.05) is 13.2 Å².